The number of ether oxygens (including phenoxy) is 2. The largest absolute Gasteiger partial charge is 0.459 e. The minimum Gasteiger partial charge on any atom is -0.459 e. The van der Waals surface area contributed by atoms with E-state index in [1.807, 2.05) is 23.1 Å². The third-order valence-electron chi connectivity index (χ3n) is 4.37. The third kappa shape index (κ3) is 4.09. The van der Waals surface area contributed by atoms with Crippen LogP contribution in [-0.2, 0) is 9.47 Å². The predicted octanol–water partition coefficient (Wildman–Crippen LogP) is 2.76. The van der Waals surface area contributed by atoms with Crippen molar-refractivity contribution in [2.75, 3.05) is 30.1 Å². The Labute approximate surface area is 165 Å². The summed E-state index contributed by atoms with van der Waals surface area (Å²) in [6.45, 7) is 1.41. The summed E-state index contributed by atoms with van der Waals surface area (Å²) >= 11 is 1.74. The van der Waals surface area contributed by atoms with Crippen LogP contribution in [0.2, 0.25) is 0 Å². The quantitative estimate of drug-likeness (QED) is 0.571. The Morgan fingerprint density at radius 2 is 2.11 bits per heavy atom. The summed E-state index contributed by atoms with van der Waals surface area (Å²) in [6.07, 6.45) is 6.22. The minimum absolute atomic E-state index is 0.0650. The van der Waals surface area contributed by atoms with Gasteiger partial charge in [-0.05, 0) is 25.0 Å². The molecule has 0 amide bonds. The van der Waals surface area contributed by atoms with E-state index in [2.05, 4.69) is 20.3 Å². The lowest BCUT2D eigenvalue weighted by molar-refractivity contribution is -0.383. The van der Waals surface area contributed by atoms with E-state index in [0.29, 0.717) is 24.2 Å². The fraction of sp³-hybridized carbons (Fsp3) is 0.353. The van der Waals surface area contributed by atoms with Gasteiger partial charge in [-0.2, -0.15) is 0 Å². The molecule has 2 aromatic heterocycles. The Bertz CT molecular complexity index is 873. The molecule has 1 fully saturated rings. The molecule has 0 bridgehead atoms. The van der Waals surface area contributed by atoms with E-state index in [-0.39, 0.29) is 24.2 Å². The molecule has 1 saturated heterocycles. The second-order valence-electron chi connectivity index (χ2n) is 6.16. The van der Waals surface area contributed by atoms with Crippen LogP contribution in [0.1, 0.15) is 12.8 Å². The Morgan fingerprint density at radius 1 is 1.25 bits per heavy atom. The number of hydrogen-bond donors (Lipinski definition) is 1. The molecule has 0 atom stereocenters. The van der Waals surface area contributed by atoms with Crippen LogP contribution < -0.4 is 10.2 Å². The Kier molecular flexibility index (Phi) is 5.42. The number of nitro groups is 1. The van der Waals surface area contributed by atoms with E-state index in [1.54, 1.807) is 18.0 Å². The van der Waals surface area contributed by atoms with Crippen molar-refractivity contribution in [3.8, 4) is 0 Å². The molecule has 10 nitrogen and oxygen atoms in total. The van der Waals surface area contributed by atoms with Crippen molar-refractivity contribution < 1.29 is 14.4 Å². The van der Waals surface area contributed by atoms with E-state index in [0.717, 1.165) is 17.9 Å². The lowest BCUT2D eigenvalue weighted by Gasteiger charge is -2.32. The lowest BCUT2D eigenvalue weighted by atomic mass is 10.1. The SMILES string of the molecule is O=[N+]([O-])c1c(NC2=COCO2)ncnc1N1CCC(Sc2ccccn2)CC1. The van der Waals surface area contributed by atoms with Crippen molar-refractivity contribution >= 4 is 29.1 Å². The van der Waals surface area contributed by atoms with Crippen LogP contribution in [0.15, 0.2) is 47.9 Å². The standard InChI is InChI=1S/C17H18N6O4S/c24-23(25)15-16(21-13-9-26-11-27-13)19-10-20-17(15)22-7-4-12(5-8-22)28-14-3-1-2-6-18-14/h1-3,6,9-10,12H,4-5,7-8,11H2,(H,19,20,21). The van der Waals surface area contributed by atoms with Crippen LogP contribution in [0.5, 0.6) is 0 Å². The zero-order chi connectivity index (χ0) is 19.3. The summed E-state index contributed by atoms with van der Waals surface area (Å²) in [5.41, 5.74) is -0.172. The molecule has 0 spiro atoms. The van der Waals surface area contributed by atoms with Crippen LogP contribution >= 0.6 is 11.8 Å². The fourth-order valence-corrected chi connectivity index (χ4v) is 4.12. The molecule has 0 aromatic carbocycles. The zero-order valence-corrected chi connectivity index (χ0v) is 15.7. The first kappa shape index (κ1) is 18.3. The van der Waals surface area contributed by atoms with Gasteiger partial charge in [0.25, 0.3) is 0 Å². The van der Waals surface area contributed by atoms with Gasteiger partial charge < -0.3 is 19.7 Å². The van der Waals surface area contributed by atoms with E-state index < -0.39 is 4.92 Å². The summed E-state index contributed by atoms with van der Waals surface area (Å²) < 4.78 is 10.1. The molecule has 11 heteroatoms. The van der Waals surface area contributed by atoms with Crippen molar-refractivity contribution in [1.82, 2.24) is 15.0 Å². The number of piperidine rings is 1. The second-order valence-corrected chi connectivity index (χ2v) is 7.48. The third-order valence-corrected chi connectivity index (χ3v) is 5.65. The van der Waals surface area contributed by atoms with Crippen LogP contribution in [0.3, 0.4) is 0 Å². The highest BCUT2D eigenvalue weighted by Crippen LogP contribution is 2.36. The number of thioether (sulfide) groups is 1. The maximum Gasteiger partial charge on any atom is 0.353 e. The van der Waals surface area contributed by atoms with Crippen molar-refractivity contribution in [3.05, 3.63) is 53.0 Å². The topological polar surface area (TPSA) is 116 Å². The maximum atomic E-state index is 11.7. The van der Waals surface area contributed by atoms with Gasteiger partial charge in [0.15, 0.2) is 0 Å². The minimum atomic E-state index is -0.469. The summed E-state index contributed by atoms with van der Waals surface area (Å²) in [6, 6.07) is 5.86. The first-order valence-electron chi connectivity index (χ1n) is 8.74. The Balaban J connectivity index is 1.47. The normalized spacial score (nSPS) is 16.9. The first-order valence-corrected chi connectivity index (χ1v) is 9.62. The van der Waals surface area contributed by atoms with Gasteiger partial charge in [0, 0.05) is 24.5 Å². The molecule has 146 valence electrons. The van der Waals surface area contributed by atoms with Gasteiger partial charge in [0.05, 0.1) is 9.95 Å². The van der Waals surface area contributed by atoms with Crippen LogP contribution in [0.4, 0.5) is 17.3 Å². The fourth-order valence-electron chi connectivity index (χ4n) is 3.06. The van der Waals surface area contributed by atoms with Crippen LogP contribution in [-0.4, -0.2) is 45.0 Å². The number of hydrogen-bond acceptors (Lipinski definition) is 10. The molecule has 28 heavy (non-hydrogen) atoms. The van der Waals surface area contributed by atoms with Gasteiger partial charge in [-0.1, -0.05) is 6.07 Å². The van der Waals surface area contributed by atoms with Gasteiger partial charge >= 0.3 is 5.69 Å². The molecular formula is C17H18N6O4S. The molecular weight excluding hydrogens is 384 g/mol. The molecule has 2 aliphatic rings. The molecule has 1 N–H and O–H groups in total. The summed E-state index contributed by atoms with van der Waals surface area (Å²) in [7, 11) is 0. The molecule has 2 aromatic rings. The first-order chi connectivity index (χ1) is 13.7. The summed E-state index contributed by atoms with van der Waals surface area (Å²) in [5, 5.41) is 15.9. The predicted molar refractivity (Wildman–Crippen MR) is 103 cm³/mol. The van der Waals surface area contributed by atoms with Crippen molar-refractivity contribution in [1.29, 1.82) is 0 Å². The molecule has 4 rings (SSSR count). The number of nitrogens with one attached hydrogen (secondary N) is 1. The second kappa shape index (κ2) is 8.30. The number of nitrogens with zero attached hydrogens (tertiary/aromatic N) is 5. The van der Waals surface area contributed by atoms with Gasteiger partial charge in [-0.15, -0.1) is 11.8 Å². The Morgan fingerprint density at radius 3 is 2.79 bits per heavy atom. The number of pyridine rings is 1. The molecule has 0 saturated carbocycles. The van der Waals surface area contributed by atoms with Gasteiger partial charge in [-0.25, -0.2) is 15.0 Å². The smallest absolute Gasteiger partial charge is 0.353 e. The van der Waals surface area contributed by atoms with Gasteiger partial charge in [0.2, 0.25) is 24.3 Å². The van der Waals surface area contributed by atoms with Crippen LogP contribution in [0, 0.1) is 10.1 Å². The number of anilines is 2. The zero-order valence-electron chi connectivity index (χ0n) is 14.9. The van der Waals surface area contributed by atoms with E-state index >= 15 is 0 Å². The van der Waals surface area contributed by atoms with Crippen molar-refractivity contribution in [2.24, 2.45) is 0 Å². The molecule has 0 radical (unpaired) electrons. The average Bonchev–Trinajstić information content (AvgIpc) is 3.22. The lowest BCUT2D eigenvalue weighted by Crippen LogP contribution is -2.36. The molecule has 2 aliphatic heterocycles. The summed E-state index contributed by atoms with van der Waals surface area (Å²) in [4.78, 5) is 25.7. The monoisotopic (exact) mass is 402 g/mol. The molecule has 0 unspecified atom stereocenters. The Hall–Kier alpha value is -3.08. The average molecular weight is 402 g/mol. The van der Waals surface area contributed by atoms with E-state index in [4.69, 9.17) is 9.47 Å². The molecule has 0 aliphatic carbocycles. The van der Waals surface area contributed by atoms with E-state index in [1.165, 1.54) is 12.6 Å². The van der Waals surface area contributed by atoms with Crippen LogP contribution in [0.25, 0.3) is 0 Å². The highest BCUT2D eigenvalue weighted by atomic mass is 32.2. The molecule has 4 heterocycles. The highest BCUT2D eigenvalue weighted by molar-refractivity contribution is 7.99. The van der Waals surface area contributed by atoms with Crippen molar-refractivity contribution in [2.45, 2.75) is 23.1 Å². The highest BCUT2D eigenvalue weighted by Gasteiger charge is 2.31. The summed E-state index contributed by atoms with van der Waals surface area (Å²) in [5.74, 6) is 0.665. The van der Waals surface area contributed by atoms with Gasteiger partial charge in [-0.3, -0.25) is 10.1 Å². The van der Waals surface area contributed by atoms with E-state index in [9.17, 15) is 10.1 Å². The van der Waals surface area contributed by atoms with Gasteiger partial charge in [0.1, 0.15) is 12.6 Å². The maximum absolute atomic E-state index is 11.7. The van der Waals surface area contributed by atoms with Crippen molar-refractivity contribution in [3.63, 3.8) is 0 Å². The number of rotatable bonds is 6. The number of aromatic nitrogens is 3.